The average Bonchev–Trinajstić information content (AvgIpc) is 2.85. The van der Waals surface area contributed by atoms with Gasteiger partial charge in [-0.3, -0.25) is 14.9 Å². The monoisotopic (exact) mass is 249 g/mol. The van der Waals surface area contributed by atoms with Crippen molar-refractivity contribution in [3.8, 4) is 0 Å². The molecule has 0 saturated carbocycles. The second-order valence-corrected chi connectivity index (χ2v) is 4.40. The van der Waals surface area contributed by atoms with Gasteiger partial charge in [-0.2, -0.15) is 0 Å². The molecule has 18 heavy (non-hydrogen) atoms. The molecule has 1 aromatic carbocycles. The minimum atomic E-state index is -0.483. The molecule has 0 spiro atoms. The van der Waals surface area contributed by atoms with Gasteiger partial charge in [0.1, 0.15) is 0 Å². The molecule has 1 aromatic rings. The van der Waals surface area contributed by atoms with Crippen molar-refractivity contribution in [2.24, 2.45) is 0 Å². The summed E-state index contributed by atoms with van der Waals surface area (Å²) in [5, 5.41) is 10.7. The maximum atomic E-state index is 11.9. The van der Waals surface area contributed by atoms with Crippen molar-refractivity contribution < 1.29 is 9.72 Å². The summed E-state index contributed by atoms with van der Waals surface area (Å²) in [7, 11) is 0. The van der Waals surface area contributed by atoms with Crippen LogP contribution in [0.15, 0.2) is 18.2 Å². The van der Waals surface area contributed by atoms with E-state index in [1.807, 2.05) is 0 Å². The minimum Gasteiger partial charge on any atom is -0.398 e. The van der Waals surface area contributed by atoms with Crippen LogP contribution in [0.2, 0.25) is 0 Å². The largest absolute Gasteiger partial charge is 0.398 e. The van der Waals surface area contributed by atoms with Crippen molar-refractivity contribution in [2.75, 3.05) is 18.8 Å². The van der Waals surface area contributed by atoms with E-state index in [1.54, 1.807) is 4.90 Å². The summed E-state index contributed by atoms with van der Waals surface area (Å²) in [6, 6.07) is 4.20. The first-order valence-electron chi connectivity index (χ1n) is 5.88. The van der Waals surface area contributed by atoms with Gasteiger partial charge in [-0.05, 0) is 24.5 Å². The summed E-state index contributed by atoms with van der Waals surface area (Å²) in [5.74, 6) is -0.0142. The van der Waals surface area contributed by atoms with E-state index in [1.165, 1.54) is 18.2 Å². The number of nitrogen functional groups attached to an aromatic ring is 1. The van der Waals surface area contributed by atoms with E-state index < -0.39 is 4.92 Å². The Labute approximate surface area is 105 Å². The number of nitrogens with two attached hydrogens (primary N) is 1. The molecule has 0 radical (unpaired) electrons. The lowest BCUT2D eigenvalue weighted by atomic mass is 10.1. The SMILES string of the molecule is Nc1ccc([N+](=O)[O-])cc1CC(=O)N1CCCC1. The van der Waals surface area contributed by atoms with E-state index in [9.17, 15) is 14.9 Å². The second-order valence-electron chi connectivity index (χ2n) is 4.40. The maximum absolute atomic E-state index is 11.9. The Morgan fingerprint density at radius 3 is 2.67 bits per heavy atom. The number of nitro groups is 1. The molecule has 2 rings (SSSR count). The Balaban J connectivity index is 2.14. The van der Waals surface area contributed by atoms with Gasteiger partial charge in [0.25, 0.3) is 5.69 Å². The van der Waals surface area contributed by atoms with Gasteiger partial charge in [0.15, 0.2) is 0 Å². The number of anilines is 1. The molecule has 0 aliphatic carbocycles. The van der Waals surface area contributed by atoms with Gasteiger partial charge in [0.05, 0.1) is 11.3 Å². The van der Waals surface area contributed by atoms with E-state index >= 15 is 0 Å². The van der Waals surface area contributed by atoms with E-state index in [-0.39, 0.29) is 18.0 Å². The number of benzene rings is 1. The topological polar surface area (TPSA) is 89.5 Å². The molecule has 1 fully saturated rings. The van der Waals surface area contributed by atoms with Crippen LogP contribution in [0.4, 0.5) is 11.4 Å². The fourth-order valence-corrected chi connectivity index (χ4v) is 2.10. The fraction of sp³-hybridized carbons (Fsp3) is 0.417. The quantitative estimate of drug-likeness (QED) is 0.497. The number of likely N-dealkylation sites (tertiary alicyclic amines) is 1. The normalized spacial score (nSPS) is 14.8. The molecule has 6 nitrogen and oxygen atoms in total. The number of rotatable bonds is 3. The van der Waals surface area contributed by atoms with Gasteiger partial charge in [-0.15, -0.1) is 0 Å². The maximum Gasteiger partial charge on any atom is 0.269 e. The first-order valence-corrected chi connectivity index (χ1v) is 5.88. The van der Waals surface area contributed by atoms with Crippen LogP contribution in [0.25, 0.3) is 0 Å². The van der Waals surface area contributed by atoms with E-state index in [0.717, 1.165) is 25.9 Å². The zero-order valence-electron chi connectivity index (χ0n) is 9.96. The van der Waals surface area contributed by atoms with Gasteiger partial charge in [-0.25, -0.2) is 0 Å². The molecule has 1 aliphatic heterocycles. The lowest BCUT2D eigenvalue weighted by molar-refractivity contribution is -0.384. The minimum absolute atomic E-state index is 0.0142. The van der Waals surface area contributed by atoms with Crippen LogP contribution >= 0.6 is 0 Å². The highest BCUT2D eigenvalue weighted by Gasteiger charge is 2.20. The molecule has 6 heteroatoms. The van der Waals surface area contributed by atoms with Crippen molar-refractivity contribution in [3.63, 3.8) is 0 Å². The zero-order chi connectivity index (χ0) is 13.1. The van der Waals surface area contributed by atoms with Crippen LogP contribution in [0.5, 0.6) is 0 Å². The number of nitrogens with zero attached hydrogens (tertiary/aromatic N) is 2. The average molecular weight is 249 g/mol. The predicted octanol–water partition coefficient (Wildman–Crippen LogP) is 1.34. The fourth-order valence-electron chi connectivity index (χ4n) is 2.10. The van der Waals surface area contributed by atoms with Gasteiger partial charge in [-0.1, -0.05) is 0 Å². The molecular weight excluding hydrogens is 234 g/mol. The highest BCUT2D eigenvalue weighted by molar-refractivity contribution is 5.81. The third kappa shape index (κ3) is 2.58. The molecule has 1 saturated heterocycles. The predicted molar refractivity (Wildman–Crippen MR) is 67.0 cm³/mol. The molecule has 1 aliphatic rings. The van der Waals surface area contributed by atoms with Gasteiger partial charge >= 0.3 is 0 Å². The van der Waals surface area contributed by atoms with Gasteiger partial charge in [0.2, 0.25) is 5.91 Å². The van der Waals surface area contributed by atoms with Gasteiger partial charge < -0.3 is 10.6 Å². The Kier molecular flexibility index (Phi) is 3.45. The third-order valence-corrected chi connectivity index (χ3v) is 3.14. The molecule has 96 valence electrons. The zero-order valence-corrected chi connectivity index (χ0v) is 9.96. The Bertz CT molecular complexity index is 481. The standard InChI is InChI=1S/C12H15N3O3/c13-11-4-3-10(15(17)18)7-9(11)8-12(16)14-5-1-2-6-14/h3-4,7H,1-2,5-6,8,13H2. The summed E-state index contributed by atoms with van der Waals surface area (Å²) in [6.45, 7) is 1.54. The molecule has 2 N–H and O–H groups in total. The van der Waals surface area contributed by atoms with Crippen molar-refractivity contribution in [1.82, 2.24) is 4.90 Å². The molecule has 1 heterocycles. The van der Waals surface area contributed by atoms with E-state index in [4.69, 9.17) is 5.73 Å². The first-order chi connectivity index (χ1) is 8.58. The van der Waals surface area contributed by atoms with E-state index in [2.05, 4.69) is 0 Å². The second kappa shape index (κ2) is 5.03. The number of hydrogen-bond acceptors (Lipinski definition) is 4. The summed E-state index contributed by atoms with van der Waals surface area (Å²) in [6.07, 6.45) is 2.18. The van der Waals surface area contributed by atoms with Crippen LogP contribution in [-0.4, -0.2) is 28.8 Å². The molecular formula is C12H15N3O3. The first kappa shape index (κ1) is 12.3. The number of carbonyl (C=O) groups is 1. The Hall–Kier alpha value is -2.11. The van der Waals surface area contributed by atoms with Crippen LogP contribution in [-0.2, 0) is 11.2 Å². The number of amides is 1. The summed E-state index contributed by atoms with van der Waals surface area (Å²) in [5.41, 5.74) is 6.66. The molecule has 0 aromatic heterocycles. The van der Waals surface area contributed by atoms with Crippen molar-refractivity contribution in [2.45, 2.75) is 19.3 Å². The Morgan fingerprint density at radius 1 is 1.39 bits per heavy atom. The van der Waals surface area contributed by atoms with Crippen LogP contribution < -0.4 is 5.73 Å². The highest BCUT2D eigenvalue weighted by Crippen LogP contribution is 2.21. The molecule has 0 atom stereocenters. The third-order valence-electron chi connectivity index (χ3n) is 3.14. The van der Waals surface area contributed by atoms with Gasteiger partial charge in [0, 0.05) is 30.9 Å². The summed E-state index contributed by atoms with van der Waals surface area (Å²) in [4.78, 5) is 23.9. The highest BCUT2D eigenvalue weighted by atomic mass is 16.6. The van der Waals surface area contributed by atoms with Crippen LogP contribution in [0.3, 0.4) is 0 Å². The molecule has 0 bridgehead atoms. The van der Waals surface area contributed by atoms with Crippen LogP contribution in [0.1, 0.15) is 18.4 Å². The smallest absolute Gasteiger partial charge is 0.269 e. The number of hydrogen-bond donors (Lipinski definition) is 1. The molecule has 0 unspecified atom stereocenters. The molecule has 1 amide bonds. The van der Waals surface area contributed by atoms with Crippen LogP contribution in [0, 0.1) is 10.1 Å². The lowest BCUT2D eigenvalue weighted by Gasteiger charge is -2.15. The number of non-ortho nitro benzene ring substituents is 1. The van der Waals surface area contributed by atoms with E-state index in [0.29, 0.717) is 11.3 Å². The number of carbonyl (C=O) groups excluding carboxylic acids is 1. The number of nitro benzene ring substituents is 1. The Morgan fingerprint density at radius 2 is 2.06 bits per heavy atom. The summed E-state index contributed by atoms with van der Waals surface area (Å²) < 4.78 is 0. The van der Waals surface area contributed by atoms with Crippen molar-refractivity contribution in [3.05, 3.63) is 33.9 Å². The lowest BCUT2D eigenvalue weighted by Crippen LogP contribution is -2.29. The van der Waals surface area contributed by atoms with Crippen molar-refractivity contribution in [1.29, 1.82) is 0 Å². The summed E-state index contributed by atoms with van der Waals surface area (Å²) >= 11 is 0. The van der Waals surface area contributed by atoms with Crippen molar-refractivity contribution >= 4 is 17.3 Å².